The van der Waals surface area contributed by atoms with Crippen molar-refractivity contribution in [3.63, 3.8) is 0 Å². The number of amides is 1. The molecule has 0 fully saturated rings. The number of benzene rings is 1. The van der Waals surface area contributed by atoms with Crippen molar-refractivity contribution in [2.45, 2.75) is 39.7 Å². The van der Waals surface area contributed by atoms with E-state index in [0.717, 1.165) is 11.3 Å². The molecule has 3 heterocycles. The van der Waals surface area contributed by atoms with Crippen LogP contribution in [-0.2, 0) is 6.54 Å². The zero-order valence-corrected chi connectivity index (χ0v) is 18.0. The van der Waals surface area contributed by atoms with E-state index in [0.29, 0.717) is 24.5 Å². The van der Waals surface area contributed by atoms with Gasteiger partial charge in [-0.25, -0.2) is 14.8 Å². The summed E-state index contributed by atoms with van der Waals surface area (Å²) in [4.78, 5) is 47.8. The molecule has 0 saturated heterocycles. The number of nitrogens with zero attached hydrogens (tertiary/aromatic N) is 3. The molecule has 0 aliphatic heterocycles. The van der Waals surface area contributed by atoms with Gasteiger partial charge in [-0.3, -0.25) is 19.1 Å². The van der Waals surface area contributed by atoms with E-state index in [4.69, 9.17) is 4.42 Å². The third-order valence-electron chi connectivity index (χ3n) is 5.02. The van der Waals surface area contributed by atoms with Crippen LogP contribution in [0.25, 0.3) is 22.5 Å². The summed E-state index contributed by atoms with van der Waals surface area (Å²) in [6, 6.07) is 8.53. The molecule has 0 radical (unpaired) electrons. The SMILES string of the molecule is CCCn1c(=O)[nH]c(=O)c2cc(C(=O)Nc3ccc(-c4ncc(C(C)C)o4)cc3)cnc21. The summed E-state index contributed by atoms with van der Waals surface area (Å²) in [5.74, 6) is 1.15. The topological polar surface area (TPSA) is 123 Å². The van der Waals surface area contributed by atoms with Crippen molar-refractivity contribution >= 4 is 22.6 Å². The number of anilines is 1. The molecule has 164 valence electrons. The highest BCUT2D eigenvalue weighted by molar-refractivity contribution is 6.05. The van der Waals surface area contributed by atoms with Gasteiger partial charge in [0.25, 0.3) is 11.5 Å². The van der Waals surface area contributed by atoms with Crippen molar-refractivity contribution in [2.24, 2.45) is 0 Å². The molecule has 1 aromatic carbocycles. The number of rotatable bonds is 6. The molecule has 0 aliphatic carbocycles. The van der Waals surface area contributed by atoms with E-state index in [1.54, 1.807) is 30.5 Å². The van der Waals surface area contributed by atoms with E-state index in [9.17, 15) is 14.4 Å². The minimum atomic E-state index is -0.574. The maximum absolute atomic E-state index is 12.7. The minimum absolute atomic E-state index is 0.186. The maximum Gasteiger partial charge on any atom is 0.329 e. The monoisotopic (exact) mass is 433 g/mol. The summed E-state index contributed by atoms with van der Waals surface area (Å²) >= 11 is 0. The highest BCUT2D eigenvalue weighted by Crippen LogP contribution is 2.24. The van der Waals surface area contributed by atoms with Gasteiger partial charge in [0, 0.05) is 29.9 Å². The molecule has 0 aliphatic rings. The Morgan fingerprint density at radius 3 is 2.56 bits per heavy atom. The number of aryl methyl sites for hydroxylation is 1. The lowest BCUT2D eigenvalue weighted by molar-refractivity contribution is 0.102. The number of fused-ring (bicyclic) bond motifs is 1. The summed E-state index contributed by atoms with van der Waals surface area (Å²) < 4.78 is 7.14. The third kappa shape index (κ3) is 4.09. The molecule has 0 unspecified atom stereocenters. The van der Waals surface area contributed by atoms with E-state index in [2.05, 4.69) is 20.3 Å². The number of carbonyl (C=O) groups is 1. The van der Waals surface area contributed by atoms with Gasteiger partial charge in [-0.05, 0) is 36.8 Å². The molecule has 2 N–H and O–H groups in total. The summed E-state index contributed by atoms with van der Waals surface area (Å²) in [6.07, 6.45) is 3.77. The number of oxazole rings is 1. The van der Waals surface area contributed by atoms with Crippen LogP contribution in [-0.4, -0.2) is 25.4 Å². The Kier molecular flexibility index (Phi) is 5.72. The molecule has 0 atom stereocenters. The molecular weight excluding hydrogens is 410 g/mol. The Labute approximate surface area is 183 Å². The van der Waals surface area contributed by atoms with Crippen LogP contribution in [0.5, 0.6) is 0 Å². The first-order valence-corrected chi connectivity index (χ1v) is 10.4. The summed E-state index contributed by atoms with van der Waals surface area (Å²) in [7, 11) is 0. The Hall–Kier alpha value is -4.01. The van der Waals surface area contributed by atoms with Crippen molar-refractivity contribution in [3.8, 4) is 11.5 Å². The fourth-order valence-electron chi connectivity index (χ4n) is 3.31. The number of aromatic amines is 1. The second kappa shape index (κ2) is 8.62. The highest BCUT2D eigenvalue weighted by Gasteiger charge is 2.14. The number of H-pyrrole nitrogens is 1. The lowest BCUT2D eigenvalue weighted by Crippen LogP contribution is -2.31. The summed E-state index contributed by atoms with van der Waals surface area (Å²) in [5.41, 5.74) is 0.745. The molecule has 0 spiro atoms. The van der Waals surface area contributed by atoms with Crippen LogP contribution >= 0.6 is 0 Å². The lowest BCUT2D eigenvalue weighted by Gasteiger charge is -2.09. The standard InChI is InChI=1S/C23H23N5O4/c1-4-9-28-19-17(21(30)27-23(28)31)10-15(11-24-19)20(29)26-16-7-5-14(6-8-16)22-25-12-18(32-22)13(2)3/h5-8,10-13H,4,9H2,1-3H3,(H,26,29)(H,27,30,31). The summed E-state index contributed by atoms with van der Waals surface area (Å²) in [5, 5.41) is 2.97. The van der Waals surface area contributed by atoms with Crippen molar-refractivity contribution in [1.29, 1.82) is 0 Å². The first kappa shape index (κ1) is 21.2. The molecule has 9 heteroatoms. The molecule has 9 nitrogen and oxygen atoms in total. The Morgan fingerprint density at radius 1 is 1.16 bits per heavy atom. The van der Waals surface area contributed by atoms with Gasteiger partial charge in [-0.15, -0.1) is 0 Å². The van der Waals surface area contributed by atoms with Crippen LogP contribution in [0.1, 0.15) is 49.2 Å². The van der Waals surface area contributed by atoms with E-state index in [1.165, 1.54) is 16.8 Å². The van der Waals surface area contributed by atoms with Gasteiger partial charge >= 0.3 is 5.69 Å². The third-order valence-corrected chi connectivity index (χ3v) is 5.02. The molecular formula is C23H23N5O4. The molecule has 0 saturated carbocycles. The summed E-state index contributed by atoms with van der Waals surface area (Å²) in [6.45, 7) is 6.39. The average molecular weight is 433 g/mol. The van der Waals surface area contributed by atoms with Crippen molar-refractivity contribution < 1.29 is 9.21 Å². The number of nitrogens with one attached hydrogen (secondary N) is 2. The zero-order chi connectivity index (χ0) is 22.8. The number of hydrogen-bond donors (Lipinski definition) is 2. The van der Waals surface area contributed by atoms with Gasteiger partial charge in [0.05, 0.1) is 17.1 Å². The molecule has 4 rings (SSSR count). The van der Waals surface area contributed by atoms with Crippen LogP contribution in [0.2, 0.25) is 0 Å². The fourth-order valence-corrected chi connectivity index (χ4v) is 3.31. The van der Waals surface area contributed by atoms with Crippen LogP contribution in [0, 0.1) is 0 Å². The first-order chi connectivity index (χ1) is 15.4. The van der Waals surface area contributed by atoms with Gasteiger partial charge in [0.15, 0.2) is 0 Å². The minimum Gasteiger partial charge on any atom is -0.441 e. The predicted octanol–water partition coefficient (Wildman–Crippen LogP) is 3.53. The van der Waals surface area contributed by atoms with E-state index >= 15 is 0 Å². The quantitative estimate of drug-likeness (QED) is 0.480. The smallest absolute Gasteiger partial charge is 0.329 e. The zero-order valence-electron chi connectivity index (χ0n) is 18.0. The average Bonchev–Trinajstić information content (AvgIpc) is 3.27. The van der Waals surface area contributed by atoms with Crippen molar-refractivity contribution in [1.82, 2.24) is 19.5 Å². The number of hydrogen-bond acceptors (Lipinski definition) is 6. The molecule has 0 bridgehead atoms. The van der Waals surface area contributed by atoms with Crippen LogP contribution in [0.15, 0.2) is 56.7 Å². The second-order valence-corrected chi connectivity index (χ2v) is 7.76. The predicted molar refractivity (Wildman–Crippen MR) is 121 cm³/mol. The van der Waals surface area contributed by atoms with Crippen LogP contribution in [0.4, 0.5) is 5.69 Å². The van der Waals surface area contributed by atoms with Gasteiger partial charge in [-0.1, -0.05) is 20.8 Å². The maximum atomic E-state index is 12.7. The van der Waals surface area contributed by atoms with Crippen molar-refractivity contribution in [3.05, 3.63) is 74.9 Å². The van der Waals surface area contributed by atoms with Gasteiger partial charge in [0.2, 0.25) is 5.89 Å². The Bertz CT molecular complexity index is 1400. The molecule has 3 aromatic heterocycles. The Balaban J connectivity index is 1.57. The Morgan fingerprint density at radius 2 is 1.91 bits per heavy atom. The molecule has 4 aromatic rings. The number of pyridine rings is 1. The van der Waals surface area contributed by atoms with Gasteiger partial charge < -0.3 is 9.73 Å². The highest BCUT2D eigenvalue weighted by atomic mass is 16.4. The van der Waals surface area contributed by atoms with Crippen LogP contribution < -0.4 is 16.6 Å². The molecule has 32 heavy (non-hydrogen) atoms. The number of carbonyl (C=O) groups excluding carboxylic acids is 1. The van der Waals surface area contributed by atoms with Crippen molar-refractivity contribution in [2.75, 3.05) is 5.32 Å². The first-order valence-electron chi connectivity index (χ1n) is 10.4. The van der Waals surface area contributed by atoms with E-state index < -0.39 is 17.2 Å². The fraction of sp³-hybridized carbons (Fsp3) is 0.261. The van der Waals surface area contributed by atoms with E-state index in [-0.39, 0.29) is 22.5 Å². The lowest BCUT2D eigenvalue weighted by atomic mass is 10.2. The second-order valence-electron chi connectivity index (χ2n) is 7.76. The van der Waals surface area contributed by atoms with Crippen LogP contribution in [0.3, 0.4) is 0 Å². The number of aromatic nitrogens is 4. The largest absolute Gasteiger partial charge is 0.441 e. The molecule has 1 amide bonds. The van der Waals surface area contributed by atoms with Gasteiger partial charge in [0.1, 0.15) is 11.4 Å². The van der Waals surface area contributed by atoms with Gasteiger partial charge in [-0.2, -0.15) is 0 Å². The normalized spacial score (nSPS) is 11.2. The van der Waals surface area contributed by atoms with E-state index in [1.807, 2.05) is 20.8 Å².